The molecule has 0 fully saturated rings. The number of allylic oxidation sites excluding steroid dienone is 1. The Kier molecular flexibility index (Phi) is 9.07. The number of likely N-dealkylation sites (N-methyl/N-ethyl adjacent to an activating group) is 1. The first-order valence-corrected chi connectivity index (χ1v) is 4.57. The van der Waals surface area contributed by atoms with Gasteiger partial charge in [0.05, 0.1) is 26.7 Å². The van der Waals surface area contributed by atoms with E-state index in [0.717, 1.165) is 29.1 Å². The van der Waals surface area contributed by atoms with E-state index in [9.17, 15) is 0 Å². The highest BCUT2D eigenvalue weighted by Crippen LogP contribution is 2.05. The van der Waals surface area contributed by atoms with Gasteiger partial charge < -0.3 is 28.5 Å². The van der Waals surface area contributed by atoms with Crippen LogP contribution >= 0.6 is 11.6 Å². The van der Waals surface area contributed by atoms with Gasteiger partial charge in [-0.2, -0.15) is 0 Å². The van der Waals surface area contributed by atoms with Gasteiger partial charge in [0.25, 0.3) is 0 Å². The lowest BCUT2D eigenvalue weighted by Crippen LogP contribution is -3.00. The zero-order valence-electron chi connectivity index (χ0n) is 8.40. The fourth-order valence-corrected chi connectivity index (χ4v) is 0.897. The Morgan fingerprint density at radius 2 is 1.75 bits per heavy atom. The van der Waals surface area contributed by atoms with E-state index in [4.69, 9.17) is 11.6 Å². The van der Waals surface area contributed by atoms with Crippen LogP contribution in [0.1, 0.15) is 20.8 Å². The van der Waals surface area contributed by atoms with Gasteiger partial charge in [-0.25, -0.2) is 0 Å². The third kappa shape index (κ3) is 6.26. The summed E-state index contributed by atoms with van der Waals surface area (Å²) in [5, 5.41) is 0.899. The molecule has 0 atom stereocenters. The Bertz CT molecular complexity index is 137. The summed E-state index contributed by atoms with van der Waals surface area (Å²) in [5.41, 5.74) is 0. The molecule has 0 aliphatic heterocycles. The van der Waals surface area contributed by atoms with E-state index in [1.165, 1.54) is 0 Å². The fraction of sp³-hybridized carbons (Fsp3) is 0.778. The third-order valence-electron chi connectivity index (χ3n) is 2.34. The molecule has 74 valence electrons. The molecule has 0 aromatic rings. The minimum Gasteiger partial charge on any atom is -1.00 e. The quantitative estimate of drug-likeness (QED) is 0.491. The number of nitrogens with zero attached hydrogens (tertiary/aromatic N) is 1. The van der Waals surface area contributed by atoms with Crippen LogP contribution in [-0.4, -0.2) is 31.2 Å². The second-order valence-corrected chi connectivity index (χ2v) is 3.82. The molecule has 3 heteroatoms. The van der Waals surface area contributed by atoms with Crippen LogP contribution in [0.2, 0.25) is 0 Å². The molecular formula is C9H19ClIN. The summed E-state index contributed by atoms with van der Waals surface area (Å²) in [6, 6.07) is 0. The topological polar surface area (TPSA) is 0 Å². The molecule has 0 unspecified atom stereocenters. The van der Waals surface area contributed by atoms with Crippen LogP contribution in [0, 0.1) is 0 Å². The van der Waals surface area contributed by atoms with E-state index in [-0.39, 0.29) is 24.0 Å². The summed E-state index contributed by atoms with van der Waals surface area (Å²) in [5.74, 6) is 0. The molecule has 0 saturated heterocycles. The standard InChI is InChI=1S/C9H19ClN.HI/c1-5-11(4,6-2)8-7-9(3)10;/h7H,5-6,8H2,1-4H3;1H/q+1;/p-1/b9-7-;. The summed E-state index contributed by atoms with van der Waals surface area (Å²) in [4.78, 5) is 0. The maximum Gasteiger partial charge on any atom is 0.0985 e. The Hall–Kier alpha value is 0.720. The van der Waals surface area contributed by atoms with Crippen molar-refractivity contribution < 1.29 is 28.5 Å². The van der Waals surface area contributed by atoms with Gasteiger partial charge in [0.2, 0.25) is 0 Å². The minimum atomic E-state index is 0. The summed E-state index contributed by atoms with van der Waals surface area (Å²) in [6.07, 6.45) is 2.09. The van der Waals surface area contributed by atoms with Crippen molar-refractivity contribution in [2.75, 3.05) is 26.7 Å². The van der Waals surface area contributed by atoms with Crippen LogP contribution in [0.4, 0.5) is 0 Å². The molecule has 0 N–H and O–H groups in total. The van der Waals surface area contributed by atoms with Crippen molar-refractivity contribution in [2.45, 2.75) is 20.8 Å². The molecule has 0 saturated carbocycles. The van der Waals surface area contributed by atoms with Gasteiger partial charge in [-0.15, -0.1) is 0 Å². The smallest absolute Gasteiger partial charge is 0.0985 e. The zero-order chi connectivity index (χ0) is 8.91. The predicted octanol–water partition coefficient (Wildman–Crippen LogP) is -0.381. The van der Waals surface area contributed by atoms with Crippen LogP contribution in [0.5, 0.6) is 0 Å². The van der Waals surface area contributed by atoms with Gasteiger partial charge in [-0.05, 0) is 26.8 Å². The molecule has 0 heterocycles. The first-order chi connectivity index (χ1) is 5.04. The Morgan fingerprint density at radius 3 is 2.00 bits per heavy atom. The van der Waals surface area contributed by atoms with Crippen LogP contribution < -0.4 is 24.0 Å². The lowest BCUT2D eigenvalue weighted by atomic mass is 10.3. The van der Waals surface area contributed by atoms with Crippen molar-refractivity contribution in [3.63, 3.8) is 0 Å². The van der Waals surface area contributed by atoms with Gasteiger partial charge in [-0.1, -0.05) is 11.6 Å². The lowest BCUT2D eigenvalue weighted by Gasteiger charge is -2.30. The molecule has 0 rings (SSSR count). The third-order valence-corrected chi connectivity index (χ3v) is 2.49. The van der Waals surface area contributed by atoms with Crippen LogP contribution in [0.3, 0.4) is 0 Å². The van der Waals surface area contributed by atoms with E-state index in [1.54, 1.807) is 0 Å². The lowest BCUT2D eigenvalue weighted by molar-refractivity contribution is -0.900. The normalized spacial score (nSPS) is 12.6. The number of hydrogen-bond donors (Lipinski definition) is 0. The molecule has 12 heavy (non-hydrogen) atoms. The van der Waals surface area contributed by atoms with Gasteiger partial charge in [0, 0.05) is 5.03 Å². The van der Waals surface area contributed by atoms with Gasteiger partial charge in [0.1, 0.15) is 0 Å². The van der Waals surface area contributed by atoms with Gasteiger partial charge in [-0.3, -0.25) is 0 Å². The van der Waals surface area contributed by atoms with Crippen molar-refractivity contribution >= 4 is 11.6 Å². The molecule has 0 aliphatic rings. The molecule has 0 aliphatic carbocycles. The second-order valence-electron chi connectivity index (χ2n) is 3.23. The van der Waals surface area contributed by atoms with Crippen molar-refractivity contribution in [1.29, 1.82) is 0 Å². The second kappa shape index (κ2) is 7.15. The Balaban J connectivity index is 0. The average molecular weight is 304 g/mol. The number of quaternary nitrogens is 1. The van der Waals surface area contributed by atoms with Crippen molar-refractivity contribution in [3.8, 4) is 0 Å². The van der Waals surface area contributed by atoms with Crippen LogP contribution in [-0.2, 0) is 0 Å². The maximum absolute atomic E-state index is 5.75. The van der Waals surface area contributed by atoms with Crippen LogP contribution in [0.25, 0.3) is 0 Å². The molecule has 1 nitrogen and oxygen atoms in total. The molecule has 0 bridgehead atoms. The molecule has 0 aromatic heterocycles. The Labute approximate surface area is 98.4 Å². The highest BCUT2D eigenvalue weighted by molar-refractivity contribution is 6.29. The van der Waals surface area contributed by atoms with Crippen molar-refractivity contribution in [2.24, 2.45) is 0 Å². The Morgan fingerprint density at radius 1 is 1.33 bits per heavy atom. The molecule has 0 spiro atoms. The first-order valence-electron chi connectivity index (χ1n) is 4.20. The first kappa shape index (κ1) is 15.2. The van der Waals surface area contributed by atoms with Gasteiger partial charge >= 0.3 is 0 Å². The van der Waals surface area contributed by atoms with E-state index < -0.39 is 0 Å². The van der Waals surface area contributed by atoms with E-state index in [2.05, 4.69) is 27.0 Å². The number of rotatable bonds is 4. The summed E-state index contributed by atoms with van der Waals surface area (Å²) < 4.78 is 1.07. The van der Waals surface area contributed by atoms with Gasteiger partial charge in [0.15, 0.2) is 0 Å². The predicted molar refractivity (Wildman–Crippen MR) is 51.7 cm³/mol. The molecule has 0 aromatic carbocycles. The number of halogens is 2. The van der Waals surface area contributed by atoms with Crippen LogP contribution in [0.15, 0.2) is 11.1 Å². The van der Waals surface area contributed by atoms with Crippen molar-refractivity contribution in [3.05, 3.63) is 11.1 Å². The largest absolute Gasteiger partial charge is 1.00 e. The summed E-state index contributed by atoms with van der Waals surface area (Å²) >= 11 is 5.75. The minimum absolute atomic E-state index is 0. The van der Waals surface area contributed by atoms with Crippen molar-refractivity contribution in [1.82, 2.24) is 0 Å². The monoisotopic (exact) mass is 303 g/mol. The molecular weight excluding hydrogens is 284 g/mol. The van der Waals surface area contributed by atoms with E-state index >= 15 is 0 Å². The summed E-state index contributed by atoms with van der Waals surface area (Å²) in [7, 11) is 2.25. The van der Waals surface area contributed by atoms with E-state index in [1.807, 2.05) is 6.92 Å². The molecule has 0 amide bonds. The highest BCUT2D eigenvalue weighted by Gasteiger charge is 2.13. The zero-order valence-corrected chi connectivity index (χ0v) is 11.3. The maximum atomic E-state index is 5.75. The highest BCUT2D eigenvalue weighted by atomic mass is 127. The molecule has 0 radical (unpaired) electrons. The summed E-state index contributed by atoms with van der Waals surface area (Å²) in [6.45, 7) is 9.72. The number of hydrogen-bond acceptors (Lipinski definition) is 0. The fourth-order valence-electron chi connectivity index (χ4n) is 0.828. The average Bonchev–Trinajstić information content (AvgIpc) is 2.00. The van der Waals surface area contributed by atoms with E-state index in [0.29, 0.717) is 0 Å². The SMILES string of the molecule is CC[N+](C)(CC)C/C=C(/C)Cl.[I-].